The summed E-state index contributed by atoms with van der Waals surface area (Å²) in [7, 11) is 1.31. The number of carbonyl (C=O) groups excluding carboxylic acids is 1. The fourth-order valence-corrected chi connectivity index (χ4v) is 2.51. The van der Waals surface area contributed by atoms with Crippen molar-refractivity contribution in [2.75, 3.05) is 19.0 Å². The molecule has 7 nitrogen and oxygen atoms in total. The van der Waals surface area contributed by atoms with Gasteiger partial charge in [-0.1, -0.05) is 28.2 Å². The van der Waals surface area contributed by atoms with Crippen molar-refractivity contribution in [2.24, 2.45) is 0 Å². The Bertz CT molecular complexity index is 542. The minimum absolute atomic E-state index is 0.163. The molecular formula is C10H12ClN5O2S. The van der Waals surface area contributed by atoms with E-state index >= 15 is 0 Å². The van der Waals surface area contributed by atoms with Crippen LogP contribution in [0.25, 0.3) is 0 Å². The molecule has 0 atom stereocenters. The van der Waals surface area contributed by atoms with Crippen LogP contribution in [0.15, 0.2) is 12.4 Å². The number of ether oxygens (including phenoxy) is 1. The zero-order chi connectivity index (χ0) is 13.7. The molecule has 0 saturated carbocycles. The van der Waals surface area contributed by atoms with Gasteiger partial charge in [-0.25, -0.2) is 9.78 Å². The summed E-state index contributed by atoms with van der Waals surface area (Å²) in [5.41, 5.74) is 0. The molecule has 0 unspecified atom stereocenters. The van der Waals surface area contributed by atoms with E-state index in [1.807, 2.05) is 0 Å². The first-order valence-electron chi connectivity index (χ1n) is 5.53. The van der Waals surface area contributed by atoms with Gasteiger partial charge >= 0.3 is 5.97 Å². The molecule has 0 saturated heterocycles. The summed E-state index contributed by atoms with van der Waals surface area (Å²) in [5.74, 6) is -0.474. The van der Waals surface area contributed by atoms with E-state index < -0.39 is 5.97 Å². The molecule has 102 valence electrons. The summed E-state index contributed by atoms with van der Waals surface area (Å²) in [6.07, 6.45) is 4.29. The molecule has 0 spiro atoms. The maximum absolute atomic E-state index is 11.4. The lowest BCUT2D eigenvalue weighted by Crippen LogP contribution is -2.07. The molecule has 2 heterocycles. The quantitative estimate of drug-likeness (QED) is 0.646. The van der Waals surface area contributed by atoms with Gasteiger partial charge in [-0.05, 0) is 6.42 Å². The van der Waals surface area contributed by atoms with Crippen LogP contribution in [0.5, 0.6) is 0 Å². The van der Waals surface area contributed by atoms with Crippen molar-refractivity contribution < 1.29 is 9.53 Å². The zero-order valence-electron chi connectivity index (χ0n) is 10.2. The minimum Gasteiger partial charge on any atom is -0.465 e. The number of methoxy groups -OCH3 is 1. The normalized spacial score (nSPS) is 10.4. The van der Waals surface area contributed by atoms with Gasteiger partial charge in [-0.3, -0.25) is 4.68 Å². The Kier molecular flexibility index (Phi) is 4.69. The van der Waals surface area contributed by atoms with Crippen LogP contribution in [0.2, 0.25) is 5.15 Å². The van der Waals surface area contributed by atoms with Crippen LogP contribution in [0, 0.1) is 0 Å². The molecule has 0 radical (unpaired) electrons. The summed E-state index contributed by atoms with van der Waals surface area (Å²) in [6, 6.07) is 0. The molecule has 19 heavy (non-hydrogen) atoms. The largest absolute Gasteiger partial charge is 0.465 e. The lowest BCUT2D eigenvalue weighted by molar-refractivity contribution is 0.0606. The topological polar surface area (TPSA) is 81.9 Å². The Morgan fingerprint density at radius 2 is 2.47 bits per heavy atom. The number of anilines is 1. The van der Waals surface area contributed by atoms with Crippen LogP contribution in [0.4, 0.5) is 5.13 Å². The fourth-order valence-electron chi connectivity index (χ4n) is 1.38. The van der Waals surface area contributed by atoms with E-state index in [1.54, 1.807) is 17.1 Å². The van der Waals surface area contributed by atoms with Crippen LogP contribution in [-0.4, -0.2) is 39.6 Å². The first kappa shape index (κ1) is 13.8. The van der Waals surface area contributed by atoms with Gasteiger partial charge in [0.25, 0.3) is 0 Å². The Hall–Kier alpha value is -1.67. The molecular weight excluding hydrogens is 290 g/mol. The van der Waals surface area contributed by atoms with Gasteiger partial charge in [-0.15, -0.1) is 5.10 Å². The molecule has 0 bridgehead atoms. The van der Waals surface area contributed by atoms with Gasteiger partial charge in [0.2, 0.25) is 0 Å². The van der Waals surface area contributed by atoms with Crippen molar-refractivity contribution >= 4 is 34.0 Å². The van der Waals surface area contributed by atoms with Crippen molar-refractivity contribution in [2.45, 2.75) is 13.0 Å². The van der Waals surface area contributed by atoms with Crippen LogP contribution in [0.1, 0.15) is 16.1 Å². The number of hydrogen-bond donors (Lipinski definition) is 1. The molecule has 0 amide bonds. The number of halogens is 1. The van der Waals surface area contributed by atoms with E-state index in [-0.39, 0.29) is 5.15 Å². The summed E-state index contributed by atoms with van der Waals surface area (Å²) in [6.45, 7) is 1.46. The minimum atomic E-state index is -0.474. The molecule has 0 aliphatic rings. The van der Waals surface area contributed by atoms with Gasteiger partial charge < -0.3 is 10.1 Å². The SMILES string of the molecule is COC(=O)c1sc(NCCCn2ccnn2)nc1Cl. The number of nitrogens with one attached hydrogen (secondary N) is 1. The maximum Gasteiger partial charge on any atom is 0.351 e. The van der Waals surface area contributed by atoms with Crippen molar-refractivity contribution in [3.63, 3.8) is 0 Å². The monoisotopic (exact) mass is 301 g/mol. The van der Waals surface area contributed by atoms with Crippen molar-refractivity contribution in [3.8, 4) is 0 Å². The van der Waals surface area contributed by atoms with Crippen LogP contribution in [0.3, 0.4) is 0 Å². The fraction of sp³-hybridized carbons (Fsp3) is 0.400. The molecule has 2 aromatic heterocycles. The number of nitrogens with zero attached hydrogens (tertiary/aromatic N) is 4. The Morgan fingerprint density at radius 1 is 1.63 bits per heavy atom. The Morgan fingerprint density at radius 3 is 3.16 bits per heavy atom. The molecule has 0 aliphatic carbocycles. The van der Waals surface area contributed by atoms with Crippen LogP contribution < -0.4 is 5.32 Å². The smallest absolute Gasteiger partial charge is 0.351 e. The number of rotatable bonds is 6. The molecule has 2 aromatic rings. The predicted molar refractivity (Wildman–Crippen MR) is 71.6 cm³/mol. The molecule has 0 aliphatic heterocycles. The van der Waals surface area contributed by atoms with Crippen LogP contribution in [-0.2, 0) is 11.3 Å². The average molecular weight is 302 g/mol. The third-order valence-electron chi connectivity index (χ3n) is 2.27. The maximum atomic E-state index is 11.4. The molecule has 2 rings (SSSR count). The van der Waals surface area contributed by atoms with E-state index in [9.17, 15) is 4.79 Å². The summed E-state index contributed by atoms with van der Waals surface area (Å²) < 4.78 is 6.35. The van der Waals surface area contributed by atoms with E-state index in [0.717, 1.165) is 13.0 Å². The van der Waals surface area contributed by atoms with Crippen LogP contribution >= 0.6 is 22.9 Å². The second kappa shape index (κ2) is 6.48. The zero-order valence-corrected chi connectivity index (χ0v) is 11.7. The first-order valence-corrected chi connectivity index (χ1v) is 6.72. The average Bonchev–Trinajstić information content (AvgIpc) is 3.03. The summed E-state index contributed by atoms with van der Waals surface area (Å²) >= 11 is 7.03. The summed E-state index contributed by atoms with van der Waals surface area (Å²) in [5, 5.41) is 11.4. The number of carbonyl (C=O) groups is 1. The summed E-state index contributed by atoms with van der Waals surface area (Å²) in [4.78, 5) is 15.7. The van der Waals surface area contributed by atoms with E-state index in [2.05, 4.69) is 25.3 Å². The second-order valence-electron chi connectivity index (χ2n) is 3.58. The van der Waals surface area contributed by atoms with Crippen molar-refractivity contribution in [3.05, 3.63) is 22.4 Å². The lowest BCUT2D eigenvalue weighted by Gasteiger charge is -2.01. The number of esters is 1. The van der Waals surface area contributed by atoms with E-state index in [0.29, 0.717) is 16.6 Å². The number of aromatic nitrogens is 4. The van der Waals surface area contributed by atoms with Gasteiger partial charge in [0.05, 0.1) is 13.3 Å². The highest BCUT2D eigenvalue weighted by Crippen LogP contribution is 2.27. The number of hydrogen-bond acceptors (Lipinski definition) is 7. The third-order valence-corrected chi connectivity index (χ3v) is 3.65. The third kappa shape index (κ3) is 3.65. The first-order chi connectivity index (χ1) is 9.20. The Balaban J connectivity index is 1.81. The van der Waals surface area contributed by atoms with Crippen molar-refractivity contribution in [1.82, 2.24) is 20.0 Å². The standard InChI is InChI=1S/C10H12ClN5O2S/c1-18-9(17)7-8(11)14-10(19-7)12-3-2-5-16-6-4-13-15-16/h4,6H,2-3,5H2,1H3,(H,12,14). The Labute approximate surface area is 118 Å². The van der Waals surface area contributed by atoms with Crippen molar-refractivity contribution in [1.29, 1.82) is 0 Å². The molecule has 0 aromatic carbocycles. The van der Waals surface area contributed by atoms with Gasteiger partial charge in [-0.2, -0.15) is 0 Å². The predicted octanol–water partition coefficient (Wildman–Crippen LogP) is 1.68. The van der Waals surface area contributed by atoms with E-state index in [1.165, 1.54) is 18.4 Å². The van der Waals surface area contributed by atoms with Gasteiger partial charge in [0.1, 0.15) is 0 Å². The van der Waals surface area contributed by atoms with Gasteiger partial charge in [0.15, 0.2) is 15.2 Å². The highest BCUT2D eigenvalue weighted by molar-refractivity contribution is 7.18. The molecule has 0 fully saturated rings. The van der Waals surface area contributed by atoms with Gasteiger partial charge in [0, 0.05) is 19.3 Å². The molecule has 9 heteroatoms. The number of aryl methyl sites for hydroxylation is 1. The lowest BCUT2D eigenvalue weighted by atomic mass is 10.4. The highest BCUT2D eigenvalue weighted by Gasteiger charge is 2.16. The number of thiazole rings is 1. The highest BCUT2D eigenvalue weighted by atomic mass is 35.5. The van der Waals surface area contributed by atoms with E-state index in [4.69, 9.17) is 11.6 Å². The second-order valence-corrected chi connectivity index (χ2v) is 4.93. The molecule has 1 N–H and O–H groups in total.